The van der Waals surface area contributed by atoms with Crippen molar-refractivity contribution < 1.29 is 9.90 Å². The maximum Gasteiger partial charge on any atom is 0.308 e. The normalized spacial score (nSPS) is 11.6. The summed E-state index contributed by atoms with van der Waals surface area (Å²) < 4.78 is 0. The first-order valence-electron chi connectivity index (χ1n) is 6.26. The number of aromatic nitrogens is 1. The van der Waals surface area contributed by atoms with Crippen molar-refractivity contribution in [1.29, 1.82) is 0 Å². The van der Waals surface area contributed by atoms with Gasteiger partial charge in [-0.25, -0.2) is 4.98 Å². The van der Waals surface area contributed by atoms with Crippen molar-refractivity contribution in [2.24, 2.45) is 0 Å². The van der Waals surface area contributed by atoms with Gasteiger partial charge in [-0.3, -0.25) is 4.79 Å². The van der Waals surface area contributed by atoms with Crippen LogP contribution in [-0.2, 0) is 16.6 Å². The molecule has 1 aromatic heterocycles. The van der Waals surface area contributed by atoms with Gasteiger partial charge in [0.15, 0.2) is 0 Å². The van der Waals surface area contributed by atoms with Gasteiger partial charge in [0.25, 0.3) is 0 Å². The van der Waals surface area contributed by atoms with Gasteiger partial charge >= 0.3 is 5.97 Å². The third kappa shape index (κ3) is 3.19. The average Bonchev–Trinajstić information content (AvgIpc) is 2.72. The van der Waals surface area contributed by atoms with E-state index in [0.717, 1.165) is 21.1 Å². The Bertz CT molecular complexity index is 644. The summed E-state index contributed by atoms with van der Waals surface area (Å²) in [5, 5.41) is 10.4. The molecule has 0 bridgehead atoms. The van der Waals surface area contributed by atoms with E-state index in [1.807, 2.05) is 45.0 Å². The summed E-state index contributed by atoms with van der Waals surface area (Å²) in [6.45, 7) is 6.09. The highest BCUT2D eigenvalue weighted by atomic mass is 35.5. The topological polar surface area (TPSA) is 50.2 Å². The molecule has 2 aromatic rings. The summed E-state index contributed by atoms with van der Waals surface area (Å²) in [6, 6.07) is 7.47. The number of nitrogens with zero attached hydrogens (tertiary/aromatic N) is 1. The van der Waals surface area contributed by atoms with E-state index in [9.17, 15) is 4.79 Å². The van der Waals surface area contributed by atoms with Crippen molar-refractivity contribution in [2.75, 3.05) is 0 Å². The van der Waals surface area contributed by atoms with E-state index in [-0.39, 0.29) is 11.8 Å². The molecule has 0 saturated carbocycles. The highest BCUT2D eigenvalue weighted by molar-refractivity contribution is 7.15. The van der Waals surface area contributed by atoms with Gasteiger partial charge in [0.2, 0.25) is 0 Å². The monoisotopic (exact) mass is 309 g/mol. The number of thiazole rings is 1. The van der Waals surface area contributed by atoms with Crippen LogP contribution in [-0.4, -0.2) is 16.1 Å². The zero-order valence-corrected chi connectivity index (χ0v) is 13.2. The molecule has 1 heterocycles. The molecule has 0 aliphatic heterocycles. The number of rotatable bonds is 3. The maximum absolute atomic E-state index is 11.0. The lowest BCUT2D eigenvalue weighted by atomic mass is 9.91. The van der Waals surface area contributed by atoms with Crippen molar-refractivity contribution in [3.05, 3.63) is 39.9 Å². The van der Waals surface area contributed by atoms with Crippen molar-refractivity contribution >= 4 is 28.9 Å². The number of hydrogen-bond donors (Lipinski definition) is 1. The van der Waals surface area contributed by atoms with E-state index < -0.39 is 5.97 Å². The second-order valence-electron chi connectivity index (χ2n) is 5.59. The summed E-state index contributed by atoms with van der Waals surface area (Å²) >= 11 is 7.60. The number of carboxylic acid groups (broad SMARTS) is 1. The molecular weight excluding hydrogens is 294 g/mol. The first-order valence-corrected chi connectivity index (χ1v) is 7.45. The van der Waals surface area contributed by atoms with E-state index in [2.05, 4.69) is 4.98 Å². The van der Waals surface area contributed by atoms with Gasteiger partial charge in [-0.1, -0.05) is 50.6 Å². The van der Waals surface area contributed by atoms with Crippen LogP contribution in [0.3, 0.4) is 0 Å². The van der Waals surface area contributed by atoms with E-state index >= 15 is 0 Å². The number of carboxylic acids is 1. The molecule has 0 atom stereocenters. The van der Waals surface area contributed by atoms with Gasteiger partial charge in [-0.15, -0.1) is 11.3 Å². The molecule has 2 rings (SSSR count). The van der Waals surface area contributed by atoms with Crippen molar-refractivity contribution in [3.63, 3.8) is 0 Å². The highest BCUT2D eigenvalue weighted by Gasteiger charge is 2.25. The van der Waals surface area contributed by atoms with Crippen LogP contribution in [0.4, 0.5) is 0 Å². The molecule has 0 spiro atoms. The lowest BCUT2D eigenvalue weighted by Crippen LogP contribution is -2.15. The first-order chi connectivity index (χ1) is 9.29. The third-order valence-corrected chi connectivity index (χ3v) is 4.24. The molecule has 0 unspecified atom stereocenters. The standard InChI is InChI=1S/C15H16ClNO2S/c1-15(2,3)13-11(8-12(18)19)20-14(17-13)9-6-4-5-7-10(9)16/h4-7H,8H2,1-3H3,(H,18,19). The second-order valence-corrected chi connectivity index (χ2v) is 7.08. The lowest BCUT2D eigenvalue weighted by molar-refractivity contribution is -0.136. The third-order valence-electron chi connectivity index (χ3n) is 2.82. The molecule has 0 aliphatic rings. The van der Waals surface area contributed by atoms with Gasteiger partial charge in [0.1, 0.15) is 5.01 Å². The summed E-state index contributed by atoms with van der Waals surface area (Å²) in [5.74, 6) is -0.843. The Kier molecular flexibility index (Phi) is 4.16. The van der Waals surface area contributed by atoms with Crippen molar-refractivity contribution in [2.45, 2.75) is 32.6 Å². The fraction of sp³-hybridized carbons (Fsp3) is 0.333. The molecule has 0 amide bonds. The summed E-state index contributed by atoms with van der Waals surface area (Å²) in [7, 11) is 0. The molecular formula is C15H16ClNO2S. The number of carbonyl (C=O) groups is 1. The molecule has 0 saturated heterocycles. The van der Waals surface area contributed by atoms with Gasteiger partial charge in [-0.2, -0.15) is 0 Å². The Balaban J connectivity index is 2.55. The van der Waals surface area contributed by atoms with E-state index in [1.165, 1.54) is 11.3 Å². The average molecular weight is 310 g/mol. The van der Waals surface area contributed by atoms with Crippen LogP contribution in [0.2, 0.25) is 5.02 Å². The number of aliphatic carboxylic acids is 1. The molecule has 0 fully saturated rings. The second kappa shape index (κ2) is 5.54. The molecule has 0 radical (unpaired) electrons. The zero-order valence-electron chi connectivity index (χ0n) is 11.6. The largest absolute Gasteiger partial charge is 0.481 e. The fourth-order valence-electron chi connectivity index (χ4n) is 1.94. The molecule has 1 N–H and O–H groups in total. The lowest BCUT2D eigenvalue weighted by Gasteiger charge is -2.16. The predicted octanol–water partition coefficient (Wildman–Crippen LogP) is 4.39. The maximum atomic E-state index is 11.0. The SMILES string of the molecule is CC(C)(C)c1nc(-c2ccccc2Cl)sc1CC(=O)O. The van der Waals surface area contributed by atoms with Gasteiger partial charge < -0.3 is 5.11 Å². The molecule has 1 aromatic carbocycles. The Morgan fingerprint density at radius 3 is 2.55 bits per heavy atom. The van der Waals surface area contributed by atoms with Crippen LogP contribution in [0.1, 0.15) is 31.3 Å². The minimum atomic E-state index is -0.843. The zero-order chi connectivity index (χ0) is 14.9. The highest BCUT2D eigenvalue weighted by Crippen LogP contribution is 2.37. The van der Waals surface area contributed by atoms with Crippen molar-refractivity contribution in [3.8, 4) is 10.6 Å². The molecule has 0 aliphatic carbocycles. The molecule has 106 valence electrons. The Hall–Kier alpha value is -1.39. The minimum absolute atomic E-state index is 0.00524. The number of benzene rings is 1. The van der Waals surface area contributed by atoms with E-state index in [4.69, 9.17) is 16.7 Å². The van der Waals surface area contributed by atoms with Crippen LogP contribution < -0.4 is 0 Å². The summed E-state index contributed by atoms with van der Waals surface area (Å²) in [5.41, 5.74) is 1.49. The molecule has 3 nitrogen and oxygen atoms in total. The van der Waals surface area contributed by atoms with Crippen LogP contribution in [0.25, 0.3) is 10.6 Å². The number of halogens is 1. The fourth-order valence-corrected chi connectivity index (χ4v) is 3.53. The Morgan fingerprint density at radius 2 is 2.00 bits per heavy atom. The first kappa shape index (κ1) is 15.0. The summed E-state index contributed by atoms with van der Waals surface area (Å²) in [4.78, 5) is 16.4. The van der Waals surface area contributed by atoms with Crippen LogP contribution >= 0.6 is 22.9 Å². The van der Waals surface area contributed by atoms with Crippen LogP contribution in [0.5, 0.6) is 0 Å². The van der Waals surface area contributed by atoms with Crippen LogP contribution in [0, 0.1) is 0 Å². The summed E-state index contributed by atoms with van der Waals surface area (Å²) in [6.07, 6.45) is -0.00524. The number of hydrogen-bond acceptors (Lipinski definition) is 3. The van der Waals surface area contributed by atoms with Crippen molar-refractivity contribution in [1.82, 2.24) is 4.98 Å². The van der Waals surface area contributed by atoms with Gasteiger partial charge in [0.05, 0.1) is 17.1 Å². The molecule has 20 heavy (non-hydrogen) atoms. The van der Waals surface area contributed by atoms with Gasteiger partial charge in [-0.05, 0) is 6.07 Å². The minimum Gasteiger partial charge on any atom is -0.481 e. The van der Waals surface area contributed by atoms with E-state index in [1.54, 1.807) is 0 Å². The smallest absolute Gasteiger partial charge is 0.308 e. The molecule has 5 heteroatoms. The van der Waals surface area contributed by atoms with Crippen LogP contribution in [0.15, 0.2) is 24.3 Å². The predicted molar refractivity (Wildman–Crippen MR) is 82.6 cm³/mol. The van der Waals surface area contributed by atoms with Gasteiger partial charge in [0, 0.05) is 15.9 Å². The Morgan fingerprint density at radius 1 is 1.35 bits per heavy atom. The Labute approximate surface area is 127 Å². The van der Waals surface area contributed by atoms with E-state index in [0.29, 0.717) is 5.02 Å². The quantitative estimate of drug-likeness (QED) is 0.915.